The van der Waals surface area contributed by atoms with Gasteiger partial charge in [-0.15, -0.1) is 0 Å². The molecule has 1 aromatic heterocycles. The lowest BCUT2D eigenvalue weighted by Gasteiger charge is -2.53. The van der Waals surface area contributed by atoms with Crippen molar-refractivity contribution in [1.29, 1.82) is 0 Å². The Kier molecular flexibility index (Phi) is 19.5. The number of hydrogen-bond donors (Lipinski definition) is 4. The van der Waals surface area contributed by atoms with Gasteiger partial charge in [0, 0.05) is 36.2 Å². The molecule has 1 saturated heterocycles. The summed E-state index contributed by atoms with van der Waals surface area (Å²) in [4.78, 5) is 6.97. The predicted octanol–water partition coefficient (Wildman–Crippen LogP) is 12.2. The number of aromatic nitrogens is 1. The van der Waals surface area contributed by atoms with Crippen LogP contribution < -0.4 is 11.5 Å². The molecular weight excluding hydrogens is 944 g/mol. The number of nitrogens with two attached hydrogens (primary N) is 2. The molecule has 4 aromatic rings. The smallest absolute Gasteiger partial charge is 0.453 e. The number of phenolic OH excluding ortho intramolecular Hbond substituents is 1. The van der Waals surface area contributed by atoms with Crippen molar-refractivity contribution in [3.8, 4) is 5.75 Å². The molecular formula is C54H73F5N4O5S2. The summed E-state index contributed by atoms with van der Waals surface area (Å²) in [6, 6.07) is 22.9. The number of alkyl halides is 5. The number of hydrogen-bond acceptors (Lipinski definition) is 9. The van der Waals surface area contributed by atoms with Gasteiger partial charge in [-0.1, -0.05) is 62.3 Å². The van der Waals surface area contributed by atoms with Gasteiger partial charge >= 0.3 is 12.1 Å². The van der Waals surface area contributed by atoms with Crippen LogP contribution >= 0.6 is 0 Å². The third-order valence-electron chi connectivity index (χ3n) is 15.5. The van der Waals surface area contributed by atoms with Crippen LogP contribution in [0.5, 0.6) is 5.75 Å². The second-order valence-corrected chi connectivity index (χ2v) is 23.9. The molecule has 3 aromatic carbocycles. The van der Waals surface area contributed by atoms with Crippen LogP contribution in [0.4, 0.5) is 33.3 Å². The summed E-state index contributed by atoms with van der Waals surface area (Å²) in [6.07, 6.45) is 12.4. The Bertz CT molecular complexity index is 2290. The first-order valence-electron chi connectivity index (χ1n) is 25.1. The minimum atomic E-state index is -5.54. The quantitative estimate of drug-likeness (QED) is 0.0348. The van der Waals surface area contributed by atoms with Gasteiger partial charge in [-0.2, -0.15) is 22.0 Å². The lowest BCUT2D eigenvalue weighted by atomic mass is 9.52. The fourth-order valence-corrected chi connectivity index (χ4v) is 14.1. The average Bonchev–Trinajstić information content (AvgIpc) is 3.89. The Labute approximate surface area is 415 Å². The number of aliphatic hydroxyl groups excluding tert-OH is 1. The number of nitrogens with zero attached hydrogens (tertiary/aromatic N) is 2. The zero-order valence-corrected chi connectivity index (χ0v) is 42.3. The van der Waals surface area contributed by atoms with Crippen LogP contribution in [0, 0.1) is 23.2 Å². The van der Waals surface area contributed by atoms with E-state index in [9.17, 15) is 45.1 Å². The van der Waals surface area contributed by atoms with E-state index in [1.807, 2.05) is 30.6 Å². The van der Waals surface area contributed by atoms with Gasteiger partial charge in [-0.3, -0.25) is 9.88 Å². The molecule has 9 nitrogen and oxygen atoms in total. The van der Waals surface area contributed by atoms with Gasteiger partial charge < -0.3 is 26.2 Å². The number of aromatic hydroxyl groups is 1. The number of likely N-dealkylation sites (tertiary alicyclic amines) is 1. The molecule has 0 radical (unpaired) electrons. The molecule has 0 spiro atoms. The molecule has 16 heteroatoms. The summed E-state index contributed by atoms with van der Waals surface area (Å²) in [5, 5.41) is 21.0. The first kappa shape index (κ1) is 55.4. The number of aliphatic hydroxyl groups is 1. The molecule has 386 valence electrons. The van der Waals surface area contributed by atoms with Crippen molar-refractivity contribution in [2.75, 3.05) is 36.6 Å². The lowest BCUT2D eigenvalue weighted by molar-refractivity contribution is -0.284. The van der Waals surface area contributed by atoms with E-state index < -0.39 is 46.0 Å². The van der Waals surface area contributed by atoms with Gasteiger partial charge in [-0.05, 0) is 197 Å². The van der Waals surface area contributed by atoms with E-state index in [1.165, 1.54) is 60.3 Å². The first-order valence-corrected chi connectivity index (χ1v) is 28.0. The SMILES string of the molecule is CN1CCC[C@H]1c1cccnc1.C[C@]12CC[C@@H]3c4ccc(O)cc4C[C@@H](CCCCCCCCC[S+]([O-])CCCC(F)(F)C(F)(F)F)[C@H]3[C@@H]1CC[C@@H]2O.Nc1ccc(S(=O)(=O)c2ccc(N)cc2)cc1. The highest BCUT2D eigenvalue weighted by molar-refractivity contribution is 7.91. The van der Waals surface area contributed by atoms with Gasteiger partial charge in [-0.25, -0.2) is 8.42 Å². The monoisotopic (exact) mass is 1020 g/mol. The molecule has 2 saturated carbocycles. The maximum absolute atomic E-state index is 13.0. The van der Waals surface area contributed by atoms with Gasteiger partial charge in [0.1, 0.15) is 17.3 Å². The summed E-state index contributed by atoms with van der Waals surface area (Å²) >= 11 is -1.35. The van der Waals surface area contributed by atoms with E-state index in [0.29, 0.717) is 59.0 Å². The summed E-state index contributed by atoms with van der Waals surface area (Å²) in [5.41, 5.74) is 16.2. The Hall–Kier alpha value is -3.96. The van der Waals surface area contributed by atoms with Crippen molar-refractivity contribution in [2.45, 2.75) is 156 Å². The van der Waals surface area contributed by atoms with Gasteiger partial charge in [0.2, 0.25) is 9.84 Å². The highest BCUT2D eigenvalue weighted by Gasteiger charge is 2.57. The summed E-state index contributed by atoms with van der Waals surface area (Å²) in [6.45, 7) is 3.52. The lowest BCUT2D eigenvalue weighted by Crippen LogP contribution is -2.47. The predicted molar refractivity (Wildman–Crippen MR) is 269 cm³/mol. The fourth-order valence-electron chi connectivity index (χ4n) is 11.6. The molecule has 2 heterocycles. The number of halogens is 5. The molecule has 8 rings (SSSR count). The fraction of sp³-hybridized carbons (Fsp3) is 0.574. The molecule has 1 unspecified atom stereocenters. The number of sulfone groups is 1. The molecule has 0 amide bonds. The third kappa shape index (κ3) is 14.2. The van der Waals surface area contributed by atoms with Gasteiger partial charge in [0.25, 0.3) is 0 Å². The summed E-state index contributed by atoms with van der Waals surface area (Å²) in [5.74, 6) is -1.91. The highest BCUT2D eigenvalue weighted by atomic mass is 32.2. The van der Waals surface area contributed by atoms with Crippen molar-refractivity contribution in [3.05, 3.63) is 108 Å². The summed E-state index contributed by atoms with van der Waals surface area (Å²) < 4.78 is 98.9. The van der Waals surface area contributed by atoms with E-state index in [1.54, 1.807) is 24.3 Å². The van der Waals surface area contributed by atoms with Crippen LogP contribution in [0.1, 0.15) is 138 Å². The second kappa shape index (κ2) is 24.6. The number of pyridine rings is 1. The van der Waals surface area contributed by atoms with E-state index in [2.05, 4.69) is 36.0 Å². The number of nitrogen functional groups attached to an aromatic ring is 2. The van der Waals surface area contributed by atoms with Crippen molar-refractivity contribution in [1.82, 2.24) is 9.88 Å². The van der Waals surface area contributed by atoms with Crippen LogP contribution in [-0.2, 0) is 27.4 Å². The Balaban J connectivity index is 0.000000223. The minimum absolute atomic E-state index is 0.0195. The zero-order valence-electron chi connectivity index (χ0n) is 40.6. The van der Waals surface area contributed by atoms with E-state index in [-0.39, 0.29) is 27.1 Å². The maximum atomic E-state index is 13.0. The van der Waals surface area contributed by atoms with Crippen molar-refractivity contribution in [3.63, 3.8) is 0 Å². The van der Waals surface area contributed by atoms with E-state index in [0.717, 1.165) is 77.0 Å². The molecule has 3 aliphatic carbocycles. The number of anilines is 2. The highest BCUT2D eigenvalue weighted by Crippen LogP contribution is 2.63. The molecule has 8 atom stereocenters. The molecule has 70 heavy (non-hydrogen) atoms. The standard InChI is InChI=1S/C32H47F5O3S.C12H12N2O2S.C10H14N2/c1-30-17-15-26-25-12-11-24(38)21-23(25)20-22(29(26)27(30)13-14-28(30)39)10-7-5-3-2-4-6-8-18-41(40)19-9-16-31(33,34)32(35,36)37;13-9-1-5-11(6-2-9)17(15,16)12-7-3-10(14)4-8-12;1-12-7-3-5-10(12)9-4-2-6-11-8-9/h11-12,21-22,26-29,38-39H,2-10,13-20H2,1H3;1-8H,13-14H2;2,4,6,8,10H,3,5,7H2,1H3/t22-,26-,27+,28+,29-,30+,41?;;10-/m1.0/s1. The normalized spacial score (nSPS) is 24.8. The zero-order chi connectivity index (χ0) is 50.7. The van der Waals surface area contributed by atoms with Crippen molar-refractivity contribution < 1.29 is 45.1 Å². The number of rotatable bonds is 17. The summed E-state index contributed by atoms with van der Waals surface area (Å²) in [7, 11) is -1.30. The van der Waals surface area contributed by atoms with Crippen molar-refractivity contribution in [2.24, 2.45) is 23.2 Å². The number of benzene rings is 3. The second-order valence-electron chi connectivity index (χ2n) is 20.3. The number of unbranched alkanes of at least 4 members (excludes halogenated alkanes) is 6. The van der Waals surface area contributed by atoms with Gasteiger partial charge in [0.15, 0.2) is 0 Å². The minimum Gasteiger partial charge on any atom is -0.616 e. The first-order chi connectivity index (χ1) is 33.2. The number of fused-ring (bicyclic) bond motifs is 5. The van der Waals surface area contributed by atoms with Crippen LogP contribution in [0.3, 0.4) is 0 Å². The topological polar surface area (TPSA) is 166 Å². The molecule has 3 fully saturated rings. The molecule has 4 aliphatic rings. The third-order valence-corrected chi connectivity index (χ3v) is 18.8. The van der Waals surface area contributed by atoms with E-state index in [4.69, 9.17) is 11.5 Å². The molecule has 6 N–H and O–H groups in total. The van der Waals surface area contributed by atoms with Crippen LogP contribution in [0.2, 0.25) is 0 Å². The van der Waals surface area contributed by atoms with Crippen LogP contribution in [0.25, 0.3) is 0 Å². The average molecular weight is 1020 g/mol. The molecule has 1 aliphatic heterocycles. The maximum Gasteiger partial charge on any atom is 0.453 e. The van der Waals surface area contributed by atoms with Crippen LogP contribution in [0.15, 0.2) is 101 Å². The van der Waals surface area contributed by atoms with Crippen molar-refractivity contribution >= 4 is 32.4 Å². The largest absolute Gasteiger partial charge is 0.616 e. The Morgan fingerprint density at radius 3 is 2.03 bits per heavy atom. The Morgan fingerprint density at radius 1 is 0.829 bits per heavy atom. The molecule has 0 bridgehead atoms. The number of phenols is 1. The van der Waals surface area contributed by atoms with Crippen LogP contribution in [-0.4, -0.2) is 76.4 Å². The Morgan fingerprint density at radius 2 is 1.44 bits per heavy atom. The van der Waals surface area contributed by atoms with E-state index >= 15 is 0 Å². The van der Waals surface area contributed by atoms with Gasteiger partial charge in [0.05, 0.1) is 15.9 Å².